The van der Waals surface area contributed by atoms with E-state index in [2.05, 4.69) is 4.98 Å². The molecule has 0 aliphatic heterocycles. The first kappa shape index (κ1) is 13.9. The van der Waals surface area contributed by atoms with E-state index in [0.717, 1.165) is 23.4 Å². The Labute approximate surface area is 126 Å². The molecule has 0 amide bonds. The van der Waals surface area contributed by atoms with Crippen molar-refractivity contribution in [3.63, 3.8) is 0 Å². The van der Waals surface area contributed by atoms with Crippen molar-refractivity contribution in [3.8, 4) is 28.5 Å². The molecule has 0 saturated carbocycles. The fraction of sp³-hybridized carbons (Fsp3) is 0. The van der Waals surface area contributed by atoms with Crippen molar-refractivity contribution in [2.75, 3.05) is 0 Å². The van der Waals surface area contributed by atoms with Crippen LogP contribution in [0.1, 0.15) is 5.56 Å². The van der Waals surface area contributed by atoms with Gasteiger partial charge in [-0.25, -0.2) is 8.78 Å². The van der Waals surface area contributed by atoms with Crippen LogP contribution in [-0.2, 0) is 0 Å². The summed E-state index contributed by atoms with van der Waals surface area (Å²) in [7, 11) is 0. The van der Waals surface area contributed by atoms with Crippen LogP contribution in [0.15, 0.2) is 60.8 Å². The van der Waals surface area contributed by atoms with Crippen molar-refractivity contribution in [1.29, 1.82) is 5.26 Å². The summed E-state index contributed by atoms with van der Waals surface area (Å²) in [5.74, 6) is -1.51. The van der Waals surface area contributed by atoms with E-state index in [9.17, 15) is 8.78 Å². The normalized spacial score (nSPS) is 10.2. The summed E-state index contributed by atoms with van der Waals surface area (Å²) in [5, 5.41) is 8.75. The Morgan fingerprint density at radius 1 is 0.864 bits per heavy atom. The second-order valence-electron chi connectivity index (χ2n) is 4.72. The summed E-state index contributed by atoms with van der Waals surface area (Å²) in [6.45, 7) is 0. The number of aromatic nitrogens is 1. The standard InChI is InChI=1S/C18H10F2N2/c19-15-8-12(11-21)9-16(20)18(15)14-5-3-4-13(10-14)17-6-1-2-7-22-17/h1-10H. The van der Waals surface area contributed by atoms with Gasteiger partial charge in [0.25, 0.3) is 0 Å². The molecular weight excluding hydrogens is 282 g/mol. The molecule has 2 nitrogen and oxygen atoms in total. The lowest BCUT2D eigenvalue weighted by molar-refractivity contribution is 0.589. The van der Waals surface area contributed by atoms with Crippen molar-refractivity contribution >= 4 is 0 Å². The minimum absolute atomic E-state index is 0.0420. The average molecular weight is 292 g/mol. The summed E-state index contributed by atoms with van der Waals surface area (Å²) >= 11 is 0. The molecule has 106 valence electrons. The first-order valence-corrected chi connectivity index (χ1v) is 6.60. The van der Waals surface area contributed by atoms with E-state index in [-0.39, 0.29) is 11.1 Å². The molecule has 0 aliphatic carbocycles. The van der Waals surface area contributed by atoms with E-state index in [1.165, 1.54) is 0 Å². The molecule has 0 spiro atoms. The first-order valence-electron chi connectivity index (χ1n) is 6.60. The fourth-order valence-corrected chi connectivity index (χ4v) is 2.28. The Kier molecular flexibility index (Phi) is 3.63. The van der Waals surface area contributed by atoms with Crippen molar-refractivity contribution in [3.05, 3.63) is 78.0 Å². The number of halogens is 2. The fourth-order valence-electron chi connectivity index (χ4n) is 2.28. The van der Waals surface area contributed by atoms with Crippen molar-refractivity contribution in [1.82, 2.24) is 4.98 Å². The number of pyridine rings is 1. The minimum Gasteiger partial charge on any atom is -0.256 e. The van der Waals surface area contributed by atoms with Crippen LogP contribution in [0.5, 0.6) is 0 Å². The van der Waals surface area contributed by atoms with Gasteiger partial charge in [0.05, 0.1) is 22.9 Å². The maximum atomic E-state index is 14.1. The largest absolute Gasteiger partial charge is 0.256 e. The monoisotopic (exact) mass is 292 g/mol. The molecule has 3 aromatic rings. The minimum atomic E-state index is -0.755. The highest BCUT2D eigenvalue weighted by molar-refractivity contribution is 5.72. The molecule has 0 aliphatic rings. The highest BCUT2D eigenvalue weighted by Gasteiger charge is 2.14. The summed E-state index contributed by atoms with van der Waals surface area (Å²) in [6, 6.07) is 16.1. The third-order valence-electron chi connectivity index (χ3n) is 3.28. The highest BCUT2D eigenvalue weighted by atomic mass is 19.1. The molecule has 0 bridgehead atoms. The number of hydrogen-bond donors (Lipinski definition) is 0. The predicted molar refractivity (Wildman–Crippen MR) is 79.7 cm³/mol. The molecule has 22 heavy (non-hydrogen) atoms. The summed E-state index contributed by atoms with van der Waals surface area (Å²) in [4.78, 5) is 4.23. The van der Waals surface area contributed by atoms with Gasteiger partial charge in [-0.15, -0.1) is 0 Å². The second kappa shape index (κ2) is 5.74. The van der Waals surface area contributed by atoms with Crippen molar-refractivity contribution in [2.24, 2.45) is 0 Å². The Bertz CT molecular complexity index is 845. The molecule has 0 fully saturated rings. The van der Waals surface area contributed by atoms with Gasteiger partial charge in [0.1, 0.15) is 11.6 Å². The van der Waals surface area contributed by atoms with E-state index >= 15 is 0 Å². The van der Waals surface area contributed by atoms with Crippen LogP contribution in [0.3, 0.4) is 0 Å². The van der Waals surface area contributed by atoms with E-state index in [4.69, 9.17) is 5.26 Å². The summed E-state index contributed by atoms with van der Waals surface area (Å²) in [5.41, 5.74) is 1.71. The Balaban J connectivity index is 2.13. The molecule has 1 heterocycles. The molecule has 1 aromatic heterocycles. The average Bonchev–Trinajstić information content (AvgIpc) is 2.55. The van der Waals surface area contributed by atoms with Gasteiger partial charge in [-0.1, -0.05) is 24.3 Å². The molecule has 0 radical (unpaired) electrons. The topological polar surface area (TPSA) is 36.7 Å². The lowest BCUT2D eigenvalue weighted by atomic mass is 9.99. The predicted octanol–water partition coefficient (Wildman–Crippen LogP) is 4.57. The van der Waals surface area contributed by atoms with E-state index in [0.29, 0.717) is 5.56 Å². The highest BCUT2D eigenvalue weighted by Crippen LogP contribution is 2.30. The molecule has 0 N–H and O–H groups in total. The van der Waals surface area contributed by atoms with Crippen LogP contribution < -0.4 is 0 Å². The first-order chi connectivity index (χ1) is 10.7. The zero-order chi connectivity index (χ0) is 15.5. The molecule has 3 rings (SSSR count). The lowest BCUT2D eigenvalue weighted by Gasteiger charge is -2.08. The molecular formula is C18H10F2N2. The van der Waals surface area contributed by atoms with E-state index in [1.807, 2.05) is 18.2 Å². The number of nitriles is 1. The van der Waals surface area contributed by atoms with E-state index < -0.39 is 11.6 Å². The lowest BCUT2D eigenvalue weighted by Crippen LogP contribution is -1.93. The zero-order valence-electron chi connectivity index (χ0n) is 11.4. The Morgan fingerprint density at radius 2 is 1.59 bits per heavy atom. The zero-order valence-corrected chi connectivity index (χ0v) is 11.4. The Morgan fingerprint density at radius 3 is 2.23 bits per heavy atom. The van der Waals surface area contributed by atoms with Crippen LogP contribution in [0.25, 0.3) is 22.4 Å². The summed E-state index contributed by atoms with van der Waals surface area (Å²) < 4.78 is 28.2. The van der Waals surface area contributed by atoms with Crippen molar-refractivity contribution in [2.45, 2.75) is 0 Å². The van der Waals surface area contributed by atoms with Crippen LogP contribution in [-0.4, -0.2) is 4.98 Å². The smallest absolute Gasteiger partial charge is 0.135 e. The van der Waals surface area contributed by atoms with Gasteiger partial charge in [-0.05, 0) is 35.9 Å². The summed E-state index contributed by atoms with van der Waals surface area (Å²) in [6.07, 6.45) is 1.66. The van der Waals surface area contributed by atoms with Crippen LogP contribution >= 0.6 is 0 Å². The molecule has 0 unspecified atom stereocenters. The van der Waals surface area contributed by atoms with Crippen LogP contribution in [0.4, 0.5) is 8.78 Å². The maximum Gasteiger partial charge on any atom is 0.135 e. The van der Waals surface area contributed by atoms with Gasteiger partial charge in [0, 0.05) is 11.8 Å². The molecule has 0 saturated heterocycles. The Hall–Kier alpha value is -3.06. The number of nitrogens with zero attached hydrogens (tertiary/aromatic N) is 2. The number of rotatable bonds is 2. The number of benzene rings is 2. The SMILES string of the molecule is N#Cc1cc(F)c(-c2cccc(-c3ccccn3)c2)c(F)c1. The van der Waals surface area contributed by atoms with Crippen molar-refractivity contribution < 1.29 is 8.78 Å². The van der Waals surface area contributed by atoms with E-state index in [1.54, 1.807) is 36.5 Å². The third-order valence-corrected chi connectivity index (χ3v) is 3.28. The van der Waals surface area contributed by atoms with Gasteiger partial charge in [0.15, 0.2) is 0 Å². The van der Waals surface area contributed by atoms with Gasteiger partial charge < -0.3 is 0 Å². The second-order valence-corrected chi connectivity index (χ2v) is 4.72. The third kappa shape index (κ3) is 2.57. The van der Waals surface area contributed by atoms with Gasteiger partial charge >= 0.3 is 0 Å². The number of hydrogen-bond acceptors (Lipinski definition) is 2. The van der Waals surface area contributed by atoms with Gasteiger partial charge in [0.2, 0.25) is 0 Å². The quantitative estimate of drug-likeness (QED) is 0.694. The molecule has 0 atom stereocenters. The van der Waals surface area contributed by atoms with Gasteiger partial charge in [-0.2, -0.15) is 5.26 Å². The maximum absolute atomic E-state index is 14.1. The molecule has 4 heteroatoms. The van der Waals surface area contributed by atoms with Crippen LogP contribution in [0, 0.1) is 23.0 Å². The van der Waals surface area contributed by atoms with Crippen LogP contribution in [0.2, 0.25) is 0 Å². The van der Waals surface area contributed by atoms with Gasteiger partial charge in [-0.3, -0.25) is 4.98 Å². The molecule has 2 aromatic carbocycles.